The van der Waals surface area contributed by atoms with Crippen LogP contribution in [0.4, 0.5) is 18.9 Å². The van der Waals surface area contributed by atoms with Gasteiger partial charge < -0.3 is 10.3 Å². The number of halogens is 3. The van der Waals surface area contributed by atoms with E-state index < -0.39 is 17.9 Å². The van der Waals surface area contributed by atoms with Crippen molar-refractivity contribution in [1.29, 1.82) is 0 Å². The molecule has 0 bridgehead atoms. The minimum atomic E-state index is -4.57. The first kappa shape index (κ1) is 16.8. The van der Waals surface area contributed by atoms with Crippen LogP contribution in [-0.2, 0) is 6.18 Å². The van der Waals surface area contributed by atoms with Crippen LogP contribution in [0.5, 0.6) is 0 Å². The molecule has 0 atom stereocenters. The Morgan fingerprint density at radius 3 is 2.56 bits per heavy atom. The Hall–Kier alpha value is -3.62. The monoisotopic (exact) mass is 371 g/mol. The molecule has 27 heavy (non-hydrogen) atoms. The number of alkyl halides is 3. The van der Waals surface area contributed by atoms with Gasteiger partial charge in [-0.1, -0.05) is 0 Å². The van der Waals surface area contributed by atoms with Crippen LogP contribution in [0.25, 0.3) is 16.7 Å². The molecule has 0 saturated heterocycles. The van der Waals surface area contributed by atoms with Crippen molar-refractivity contribution in [2.75, 3.05) is 5.32 Å². The van der Waals surface area contributed by atoms with Gasteiger partial charge in [0.15, 0.2) is 0 Å². The van der Waals surface area contributed by atoms with Crippen LogP contribution >= 0.6 is 0 Å². The molecule has 9 heteroatoms. The highest BCUT2D eigenvalue weighted by Gasteiger charge is 2.34. The predicted molar refractivity (Wildman–Crippen MR) is 92.6 cm³/mol. The van der Waals surface area contributed by atoms with Gasteiger partial charge in [-0.25, -0.2) is 9.67 Å². The molecular weight excluding hydrogens is 359 g/mol. The van der Waals surface area contributed by atoms with Crippen molar-refractivity contribution in [2.24, 2.45) is 0 Å². The average Bonchev–Trinajstić information content (AvgIpc) is 3.31. The number of nitrogens with zero attached hydrogens (tertiary/aromatic N) is 3. The molecule has 4 aromatic rings. The Bertz CT molecular complexity index is 1100. The number of benzene rings is 2. The van der Waals surface area contributed by atoms with Crippen molar-refractivity contribution >= 4 is 22.6 Å². The fourth-order valence-electron chi connectivity index (χ4n) is 2.61. The number of aromatic nitrogens is 4. The molecular formula is C18H12F3N5O. The van der Waals surface area contributed by atoms with E-state index in [1.165, 1.54) is 18.2 Å². The van der Waals surface area contributed by atoms with E-state index in [1.54, 1.807) is 47.4 Å². The second kappa shape index (κ2) is 6.27. The highest BCUT2D eigenvalue weighted by atomic mass is 19.4. The van der Waals surface area contributed by atoms with Crippen LogP contribution in [0.3, 0.4) is 0 Å². The Labute approximate surface area is 150 Å². The van der Waals surface area contributed by atoms with Crippen LogP contribution in [0.15, 0.2) is 60.9 Å². The van der Waals surface area contributed by atoms with Crippen molar-refractivity contribution in [3.63, 3.8) is 0 Å². The molecule has 0 saturated carbocycles. The van der Waals surface area contributed by atoms with Crippen LogP contribution in [0, 0.1) is 0 Å². The minimum Gasteiger partial charge on any atom is -0.334 e. The summed E-state index contributed by atoms with van der Waals surface area (Å²) < 4.78 is 39.9. The molecule has 6 nitrogen and oxygen atoms in total. The van der Waals surface area contributed by atoms with Crippen molar-refractivity contribution in [3.8, 4) is 5.69 Å². The third-order valence-electron chi connectivity index (χ3n) is 3.91. The lowest BCUT2D eigenvalue weighted by atomic mass is 10.2. The van der Waals surface area contributed by atoms with E-state index in [2.05, 4.69) is 20.4 Å². The lowest BCUT2D eigenvalue weighted by Gasteiger charge is -2.07. The molecule has 0 aliphatic rings. The molecule has 4 rings (SSSR count). The molecule has 136 valence electrons. The van der Waals surface area contributed by atoms with Crippen LogP contribution in [0.1, 0.15) is 16.2 Å². The zero-order valence-electron chi connectivity index (χ0n) is 13.7. The third kappa shape index (κ3) is 3.39. The number of H-pyrrole nitrogens is 1. The molecule has 2 aromatic heterocycles. The maximum atomic E-state index is 12.7. The van der Waals surface area contributed by atoms with Crippen molar-refractivity contribution in [3.05, 3.63) is 72.3 Å². The number of imidazole rings is 1. The quantitative estimate of drug-likeness (QED) is 0.571. The van der Waals surface area contributed by atoms with Gasteiger partial charge in [-0.2, -0.15) is 18.3 Å². The second-order valence-electron chi connectivity index (χ2n) is 5.77. The lowest BCUT2D eigenvalue weighted by Crippen LogP contribution is -2.11. The number of carbonyl (C=O) groups is 1. The van der Waals surface area contributed by atoms with Crippen molar-refractivity contribution in [1.82, 2.24) is 19.7 Å². The smallest absolute Gasteiger partial charge is 0.334 e. The van der Waals surface area contributed by atoms with Gasteiger partial charge in [0.1, 0.15) is 0 Å². The minimum absolute atomic E-state index is 0.141. The third-order valence-corrected chi connectivity index (χ3v) is 3.91. The molecule has 2 N–H and O–H groups in total. The van der Waals surface area contributed by atoms with Crippen LogP contribution in [0.2, 0.25) is 0 Å². The van der Waals surface area contributed by atoms with E-state index in [-0.39, 0.29) is 16.6 Å². The average molecular weight is 371 g/mol. The van der Waals surface area contributed by atoms with Gasteiger partial charge in [0.25, 0.3) is 5.91 Å². The van der Waals surface area contributed by atoms with E-state index in [9.17, 15) is 18.0 Å². The molecule has 0 aliphatic carbocycles. The van der Waals surface area contributed by atoms with E-state index >= 15 is 0 Å². The fraction of sp³-hybridized carbons (Fsp3) is 0.0556. The molecule has 1 amide bonds. The summed E-state index contributed by atoms with van der Waals surface area (Å²) in [7, 11) is 0. The number of aromatic amines is 1. The molecule has 0 spiro atoms. The SMILES string of the molecule is O=C(Nc1ccc(-n2cccn2)cc1)c1ccc2nc(C(F)(F)F)[nH]c2c1. The van der Waals surface area contributed by atoms with Gasteiger partial charge in [0, 0.05) is 23.6 Å². The van der Waals surface area contributed by atoms with Gasteiger partial charge in [-0.3, -0.25) is 4.79 Å². The summed E-state index contributed by atoms with van der Waals surface area (Å²) in [5, 5.41) is 6.82. The zero-order chi connectivity index (χ0) is 19.0. The summed E-state index contributed by atoms with van der Waals surface area (Å²) in [6.07, 6.45) is -1.12. The maximum Gasteiger partial charge on any atom is 0.449 e. The number of nitrogens with one attached hydrogen (secondary N) is 2. The number of fused-ring (bicyclic) bond motifs is 1. The normalized spacial score (nSPS) is 11.7. The molecule has 0 radical (unpaired) electrons. The molecule has 0 fully saturated rings. The highest BCUT2D eigenvalue weighted by molar-refractivity contribution is 6.05. The van der Waals surface area contributed by atoms with Gasteiger partial charge in [-0.05, 0) is 48.5 Å². The lowest BCUT2D eigenvalue weighted by molar-refractivity contribution is -0.144. The first-order valence-electron chi connectivity index (χ1n) is 7.88. The topological polar surface area (TPSA) is 75.6 Å². The first-order chi connectivity index (χ1) is 12.9. The van der Waals surface area contributed by atoms with Crippen LogP contribution in [-0.4, -0.2) is 25.7 Å². The number of hydrogen-bond acceptors (Lipinski definition) is 3. The molecule has 2 heterocycles. The van der Waals surface area contributed by atoms with E-state index in [0.717, 1.165) is 5.69 Å². The van der Waals surface area contributed by atoms with Gasteiger partial charge in [0.05, 0.1) is 16.7 Å². The Balaban J connectivity index is 1.54. The van der Waals surface area contributed by atoms with Gasteiger partial charge in [0.2, 0.25) is 5.82 Å². The summed E-state index contributed by atoms with van der Waals surface area (Å²) in [5.41, 5.74) is 1.88. The highest BCUT2D eigenvalue weighted by Crippen LogP contribution is 2.28. The second-order valence-corrected chi connectivity index (χ2v) is 5.77. The molecule has 0 unspecified atom stereocenters. The standard InChI is InChI=1S/C18H12F3N5O/c19-18(20,21)17-24-14-7-2-11(10-15(14)25-17)16(27)23-12-3-5-13(6-4-12)26-9-1-8-22-26/h1-10H,(H,23,27)(H,24,25). The number of carbonyl (C=O) groups excluding carboxylic acids is 1. The van der Waals surface area contributed by atoms with E-state index in [1.807, 2.05) is 0 Å². The first-order valence-corrected chi connectivity index (χ1v) is 7.88. The Morgan fingerprint density at radius 2 is 1.89 bits per heavy atom. The fourth-order valence-corrected chi connectivity index (χ4v) is 2.61. The van der Waals surface area contributed by atoms with Crippen LogP contribution < -0.4 is 5.32 Å². The molecule has 0 aliphatic heterocycles. The number of anilines is 1. The van der Waals surface area contributed by atoms with Gasteiger partial charge >= 0.3 is 6.18 Å². The Kier molecular flexibility index (Phi) is 3.91. The Morgan fingerprint density at radius 1 is 1.11 bits per heavy atom. The van der Waals surface area contributed by atoms with E-state index in [4.69, 9.17) is 0 Å². The number of amides is 1. The van der Waals surface area contributed by atoms with Crippen molar-refractivity contribution in [2.45, 2.75) is 6.18 Å². The predicted octanol–water partition coefficient (Wildman–Crippen LogP) is 4.02. The number of hydrogen-bond donors (Lipinski definition) is 2. The van der Waals surface area contributed by atoms with Crippen molar-refractivity contribution < 1.29 is 18.0 Å². The van der Waals surface area contributed by atoms with E-state index in [0.29, 0.717) is 5.69 Å². The molecule has 2 aromatic carbocycles. The maximum absolute atomic E-state index is 12.7. The number of rotatable bonds is 3. The van der Waals surface area contributed by atoms with Gasteiger partial charge in [-0.15, -0.1) is 0 Å². The summed E-state index contributed by atoms with van der Waals surface area (Å²) in [6.45, 7) is 0. The summed E-state index contributed by atoms with van der Waals surface area (Å²) in [5.74, 6) is -1.53. The largest absolute Gasteiger partial charge is 0.449 e. The summed E-state index contributed by atoms with van der Waals surface area (Å²) in [6, 6.07) is 12.9. The summed E-state index contributed by atoms with van der Waals surface area (Å²) >= 11 is 0. The zero-order valence-corrected chi connectivity index (χ0v) is 13.7. The summed E-state index contributed by atoms with van der Waals surface area (Å²) in [4.78, 5) is 18.1.